The Morgan fingerprint density at radius 1 is 1.06 bits per heavy atom. The smallest absolute Gasteiger partial charge is 0.309 e. The first-order valence-electron chi connectivity index (χ1n) is 11.3. The number of benzene rings is 2. The maximum atomic E-state index is 13.7. The molecule has 0 aliphatic heterocycles. The van der Waals surface area contributed by atoms with E-state index in [4.69, 9.17) is 9.47 Å². The second kappa shape index (κ2) is 11.2. The number of hydrogen-bond donors (Lipinski definition) is 1. The zero-order valence-electron chi connectivity index (χ0n) is 20.3. The number of Topliss-reactive ketones (excluding diaryl/α,β-unsaturated/α-hetero) is 1. The third-order valence-electron chi connectivity index (χ3n) is 5.98. The number of hydrogen-bond acceptors (Lipinski definition) is 6. The Kier molecular flexibility index (Phi) is 8.24. The minimum atomic E-state index is -0.950. The van der Waals surface area contributed by atoms with E-state index in [1.165, 1.54) is 44.4 Å². The number of nitrogens with zero attached hydrogens (tertiary/aromatic N) is 1. The molecule has 0 aliphatic carbocycles. The van der Waals surface area contributed by atoms with Crippen LogP contribution in [0.25, 0.3) is 0 Å². The molecule has 0 amide bonds. The fraction of sp³-hybridized carbons (Fsp3) is 0.296. The lowest BCUT2D eigenvalue weighted by Gasteiger charge is -2.27. The number of halogens is 2. The average Bonchev–Trinajstić information content (AvgIpc) is 2.82. The van der Waals surface area contributed by atoms with Crippen LogP contribution in [0.4, 0.5) is 8.78 Å². The van der Waals surface area contributed by atoms with Gasteiger partial charge in [-0.25, -0.2) is 8.78 Å². The first-order chi connectivity index (χ1) is 17.0. The molecule has 1 aromatic heterocycles. The molecule has 0 saturated heterocycles. The van der Waals surface area contributed by atoms with E-state index in [0.717, 1.165) is 6.20 Å². The van der Waals surface area contributed by atoms with Gasteiger partial charge in [0.05, 0.1) is 13.0 Å². The lowest BCUT2D eigenvalue weighted by atomic mass is 9.84. The molecule has 9 heteroatoms. The standard InChI is InChI=1S/C27H27F2NO6/c1-15-13-20(29)9-10-21(15)24(18-5-7-19(28)8-6-18)17(3)36-27(33)16(2)14-22(31)25-26(32)23(35-4)11-12-30(25)34/h5-13,16-17,24,32H,14H2,1-4H3/t16-,17+,24-/m1/s1. The number of pyridine rings is 1. The van der Waals surface area contributed by atoms with E-state index in [0.29, 0.717) is 16.7 Å². The zero-order chi connectivity index (χ0) is 26.6. The summed E-state index contributed by atoms with van der Waals surface area (Å²) in [5, 5.41) is 22.3. The van der Waals surface area contributed by atoms with Crippen LogP contribution in [-0.4, -0.2) is 30.1 Å². The molecule has 0 aliphatic rings. The lowest BCUT2D eigenvalue weighted by molar-refractivity contribution is -0.608. The molecule has 0 radical (unpaired) electrons. The van der Waals surface area contributed by atoms with Crippen LogP contribution in [0.2, 0.25) is 0 Å². The van der Waals surface area contributed by atoms with Crippen molar-refractivity contribution in [2.45, 2.75) is 39.2 Å². The highest BCUT2D eigenvalue weighted by Gasteiger charge is 2.32. The van der Waals surface area contributed by atoms with E-state index in [-0.39, 0.29) is 10.5 Å². The third-order valence-corrected chi connectivity index (χ3v) is 5.98. The number of esters is 1. The third kappa shape index (κ3) is 5.79. The SMILES string of the molecule is COc1cc[n+]([O-])c(C(=O)C[C@@H](C)C(=O)O[C@@H](C)[C@H](c2ccc(F)cc2)c2ccc(F)cc2C)c1O. The molecule has 7 nitrogen and oxygen atoms in total. The number of methoxy groups -OCH3 is 1. The summed E-state index contributed by atoms with van der Waals surface area (Å²) in [7, 11) is 1.28. The molecule has 36 heavy (non-hydrogen) atoms. The highest BCUT2D eigenvalue weighted by molar-refractivity contribution is 5.98. The summed E-state index contributed by atoms with van der Waals surface area (Å²) in [6, 6.07) is 11.2. The second-order valence-corrected chi connectivity index (χ2v) is 8.61. The van der Waals surface area contributed by atoms with E-state index in [2.05, 4.69) is 0 Å². The minimum absolute atomic E-state index is 0.0499. The Bertz CT molecular complexity index is 1260. The lowest BCUT2D eigenvalue weighted by Crippen LogP contribution is -2.35. The summed E-state index contributed by atoms with van der Waals surface area (Å²) < 4.78 is 38.1. The molecule has 190 valence electrons. The maximum Gasteiger partial charge on any atom is 0.309 e. The molecular weight excluding hydrogens is 472 g/mol. The van der Waals surface area contributed by atoms with Crippen LogP contribution in [0.5, 0.6) is 11.5 Å². The Hall–Kier alpha value is -4.01. The Morgan fingerprint density at radius 3 is 2.31 bits per heavy atom. The predicted octanol–water partition coefficient (Wildman–Crippen LogP) is 4.59. The van der Waals surface area contributed by atoms with Crippen LogP contribution in [0.1, 0.15) is 53.4 Å². The van der Waals surface area contributed by atoms with Gasteiger partial charge in [-0.05, 0) is 54.8 Å². The Balaban J connectivity index is 1.82. The number of aromatic hydroxyl groups is 1. The van der Waals surface area contributed by atoms with Crippen molar-refractivity contribution in [1.29, 1.82) is 0 Å². The number of aryl methyl sites for hydroxylation is 1. The Labute approximate surface area is 207 Å². The number of ether oxygens (including phenoxy) is 2. The van der Waals surface area contributed by atoms with Gasteiger partial charge >= 0.3 is 11.7 Å². The quantitative estimate of drug-likeness (QED) is 0.200. The highest BCUT2D eigenvalue weighted by atomic mass is 19.1. The van der Waals surface area contributed by atoms with E-state index in [1.54, 1.807) is 32.0 Å². The number of carbonyl (C=O) groups excluding carboxylic acids is 2. The van der Waals surface area contributed by atoms with Crippen LogP contribution in [-0.2, 0) is 9.53 Å². The number of aromatic nitrogens is 1. The Morgan fingerprint density at radius 2 is 1.69 bits per heavy atom. The first-order valence-corrected chi connectivity index (χ1v) is 11.3. The van der Waals surface area contributed by atoms with Crippen molar-refractivity contribution in [3.63, 3.8) is 0 Å². The summed E-state index contributed by atoms with van der Waals surface area (Å²) in [5.74, 6) is -4.46. The van der Waals surface area contributed by atoms with Crippen LogP contribution in [0.15, 0.2) is 54.7 Å². The number of rotatable bonds is 9. The van der Waals surface area contributed by atoms with Gasteiger partial charge in [0.2, 0.25) is 11.5 Å². The van der Waals surface area contributed by atoms with Crippen molar-refractivity contribution >= 4 is 11.8 Å². The van der Waals surface area contributed by atoms with Gasteiger partial charge < -0.3 is 19.8 Å². The zero-order valence-corrected chi connectivity index (χ0v) is 20.3. The second-order valence-electron chi connectivity index (χ2n) is 8.61. The molecule has 0 fully saturated rings. The molecule has 3 aromatic rings. The first kappa shape index (κ1) is 26.6. The monoisotopic (exact) mass is 499 g/mol. The van der Waals surface area contributed by atoms with Crippen LogP contribution >= 0.6 is 0 Å². The van der Waals surface area contributed by atoms with Crippen LogP contribution < -0.4 is 9.47 Å². The van der Waals surface area contributed by atoms with Gasteiger partial charge in [0, 0.05) is 18.4 Å². The van der Waals surface area contributed by atoms with Gasteiger partial charge in [-0.1, -0.05) is 25.1 Å². The molecular formula is C27H27F2NO6. The van der Waals surface area contributed by atoms with E-state index < -0.39 is 59.2 Å². The van der Waals surface area contributed by atoms with Gasteiger partial charge in [0.1, 0.15) is 17.7 Å². The summed E-state index contributed by atoms with van der Waals surface area (Å²) in [6.07, 6.45) is -0.139. The van der Waals surface area contributed by atoms with Gasteiger partial charge in [0.25, 0.3) is 0 Å². The predicted molar refractivity (Wildman–Crippen MR) is 127 cm³/mol. The van der Waals surface area contributed by atoms with Gasteiger partial charge in [0.15, 0.2) is 11.9 Å². The van der Waals surface area contributed by atoms with E-state index in [9.17, 15) is 28.7 Å². The van der Waals surface area contributed by atoms with Gasteiger partial charge in [-0.3, -0.25) is 9.59 Å². The molecule has 2 aromatic carbocycles. The molecule has 0 saturated carbocycles. The average molecular weight is 500 g/mol. The van der Waals surface area contributed by atoms with Crippen molar-refractivity contribution in [1.82, 2.24) is 0 Å². The largest absolute Gasteiger partial charge is 0.618 e. The summed E-state index contributed by atoms with van der Waals surface area (Å²) in [5.41, 5.74) is 1.45. The van der Waals surface area contributed by atoms with E-state index >= 15 is 0 Å². The molecule has 0 bridgehead atoms. The molecule has 3 atom stereocenters. The number of ketones is 1. The molecule has 3 rings (SSSR count). The highest BCUT2D eigenvalue weighted by Crippen LogP contribution is 2.33. The topological polar surface area (TPSA) is 99.8 Å². The molecule has 0 spiro atoms. The fourth-order valence-corrected chi connectivity index (χ4v) is 4.12. The van der Waals surface area contributed by atoms with Crippen LogP contribution in [0.3, 0.4) is 0 Å². The van der Waals surface area contributed by atoms with Crippen LogP contribution in [0, 0.1) is 29.7 Å². The van der Waals surface area contributed by atoms with Crippen molar-refractivity contribution in [2.24, 2.45) is 5.92 Å². The molecule has 1 N–H and O–H groups in total. The minimum Gasteiger partial charge on any atom is -0.618 e. The maximum absolute atomic E-state index is 13.7. The summed E-state index contributed by atoms with van der Waals surface area (Å²) >= 11 is 0. The van der Waals surface area contributed by atoms with Gasteiger partial charge in [-0.15, -0.1) is 0 Å². The summed E-state index contributed by atoms with van der Waals surface area (Å²) in [6.45, 7) is 4.85. The van der Waals surface area contributed by atoms with Crippen molar-refractivity contribution in [2.75, 3.05) is 7.11 Å². The van der Waals surface area contributed by atoms with E-state index in [1.807, 2.05) is 0 Å². The molecule has 1 heterocycles. The van der Waals surface area contributed by atoms with Gasteiger partial charge in [-0.2, -0.15) is 4.73 Å². The number of carbonyl (C=O) groups is 2. The summed E-state index contributed by atoms with van der Waals surface area (Å²) in [4.78, 5) is 25.6. The van der Waals surface area contributed by atoms with Crippen molar-refractivity contribution in [3.05, 3.63) is 94.0 Å². The molecule has 0 unspecified atom stereocenters. The van der Waals surface area contributed by atoms with Crippen molar-refractivity contribution < 1.29 is 37.7 Å². The van der Waals surface area contributed by atoms with Crippen molar-refractivity contribution in [3.8, 4) is 11.5 Å². The normalized spacial score (nSPS) is 13.5. The fourth-order valence-electron chi connectivity index (χ4n) is 4.12.